The molecular weight excluding hydrogens is 330 g/mol. The van der Waals surface area contributed by atoms with E-state index in [0.717, 1.165) is 12.0 Å². The molecule has 0 radical (unpaired) electrons. The minimum atomic E-state index is -0.329. The van der Waals surface area contributed by atoms with Crippen LogP contribution in [0.5, 0.6) is 0 Å². The van der Waals surface area contributed by atoms with Crippen molar-refractivity contribution in [3.8, 4) is 11.3 Å². The fourth-order valence-corrected chi connectivity index (χ4v) is 2.72. The number of hydrogen-bond acceptors (Lipinski definition) is 4. The molecule has 0 spiro atoms. The van der Waals surface area contributed by atoms with E-state index in [0.29, 0.717) is 29.5 Å². The van der Waals surface area contributed by atoms with Crippen molar-refractivity contribution in [3.63, 3.8) is 0 Å². The van der Waals surface area contributed by atoms with Gasteiger partial charge in [-0.05, 0) is 25.3 Å². The van der Waals surface area contributed by atoms with Crippen molar-refractivity contribution >= 4 is 11.4 Å². The van der Waals surface area contributed by atoms with Gasteiger partial charge in [0.1, 0.15) is 17.9 Å². The lowest BCUT2D eigenvalue weighted by molar-refractivity contribution is -0.121. The molecule has 3 aromatic rings. The number of aryl methyl sites for hydroxylation is 1. The zero-order valence-electron chi connectivity index (χ0n) is 15.3. The highest BCUT2D eigenvalue weighted by atomic mass is 16.2. The van der Waals surface area contributed by atoms with E-state index in [1.54, 1.807) is 13.0 Å². The van der Waals surface area contributed by atoms with Crippen LogP contribution in [0.4, 0.5) is 0 Å². The SMILES string of the molecule is Cc1nn(CC(=O)NCCC(C)C)c(=O)c2cc(-c3ccccc3)nn12. The molecule has 3 rings (SSSR count). The molecule has 0 unspecified atom stereocenters. The average molecular weight is 353 g/mol. The van der Waals surface area contributed by atoms with Gasteiger partial charge in [0.2, 0.25) is 5.91 Å². The first-order chi connectivity index (χ1) is 12.5. The molecule has 0 aliphatic carbocycles. The van der Waals surface area contributed by atoms with Gasteiger partial charge in [0.15, 0.2) is 0 Å². The molecule has 0 bridgehead atoms. The van der Waals surface area contributed by atoms with Gasteiger partial charge in [-0.2, -0.15) is 10.2 Å². The molecule has 0 atom stereocenters. The van der Waals surface area contributed by atoms with Crippen LogP contribution in [-0.4, -0.2) is 31.8 Å². The Labute approximate surface area is 151 Å². The van der Waals surface area contributed by atoms with Crippen LogP contribution in [0.3, 0.4) is 0 Å². The summed E-state index contributed by atoms with van der Waals surface area (Å²) in [5.41, 5.74) is 1.70. The van der Waals surface area contributed by atoms with Gasteiger partial charge in [-0.15, -0.1) is 0 Å². The van der Waals surface area contributed by atoms with Gasteiger partial charge in [-0.1, -0.05) is 44.2 Å². The monoisotopic (exact) mass is 353 g/mol. The first-order valence-electron chi connectivity index (χ1n) is 8.75. The quantitative estimate of drug-likeness (QED) is 0.735. The number of hydrogen-bond donors (Lipinski definition) is 1. The molecule has 2 heterocycles. The number of nitrogens with one attached hydrogen (secondary N) is 1. The van der Waals surface area contributed by atoms with Crippen molar-refractivity contribution in [2.75, 3.05) is 6.54 Å². The van der Waals surface area contributed by atoms with E-state index in [9.17, 15) is 9.59 Å². The van der Waals surface area contributed by atoms with Crippen molar-refractivity contribution in [3.05, 3.63) is 52.6 Å². The minimum Gasteiger partial charge on any atom is -0.354 e. The Hall–Kier alpha value is -2.96. The zero-order valence-corrected chi connectivity index (χ0v) is 15.3. The van der Waals surface area contributed by atoms with Crippen LogP contribution in [0.25, 0.3) is 16.8 Å². The van der Waals surface area contributed by atoms with E-state index in [2.05, 4.69) is 29.4 Å². The van der Waals surface area contributed by atoms with Crippen molar-refractivity contribution < 1.29 is 4.79 Å². The molecule has 7 heteroatoms. The first-order valence-corrected chi connectivity index (χ1v) is 8.75. The molecule has 1 N–H and O–H groups in total. The van der Waals surface area contributed by atoms with E-state index in [1.165, 1.54) is 9.20 Å². The van der Waals surface area contributed by atoms with Gasteiger partial charge in [-0.3, -0.25) is 9.59 Å². The van der Waals surface area contributed by atoms with Gasteiger partial charge in [0.05, 0.1) is 5.69 Å². The van der Waals surface area contributed by atoms with Gasteiger partial charge in [0, 0.05) is 12.1 Å². The maximum Gasteiger partial charge on any atom is 0.293 e. The third-order valence-corrected chi connectivity index (χ3v) is 4.14. The Balaban J connectivity index is 1.88. The molecule has 0 saturated carbocycles. The van der Waals surface area contributed by atoms with Gasteiger partial charge < -0.3 is 5.32 Å². The third-order valence-electron chi connectivity index (χ3n) is 4.14. The topological polar surface area (TPSA) is 81.3 Å². The average Bonchev–Trinajstić information content (AvgIpc) is 3.06. The lowest BCUT2D eigenvalue weighted by atomic mass is 10.1. The van der Waals surface area contributed by atoms with Crippen molar-refractivity contribution in [2.24, 2.45) is 5.92 Å². The van der Waals surface area contributed by atoms with Crippen molar-refractivity contribution in [1.82, 2.24) is 24.7 Å². The van der Waals surface area contributed by atoms with Crippen LogP contribution < -0.4 is 10.9 Å². The van der Waals surface area contributed by atoms with Crippen molar-refractivity contribution in [2.45, 2.75) is 33.7 Å². The molecule has 0 fully saturated rings. The third kappa shape index (κ3) is 3.82. The highest BCUT2D eigenvalue weighted by Gasteiger charge is 2.14. The summed E-state index contributed by atoms with van der Waals surface area (Å²) in [5.74, 6) is 0.849. The Bertz CT molecular complexity index is 973. The Morgan fingerprint density at radius 1 is 1.19 bits per heavy atom. The largest absolute Gasteiger partial charge is 0.354 e. The van der Waals surface area contributed by atoms with E-state index in [4.69, 9.17) is 0 Å². The second-order valence-corrected chi connectivity index (χ2v) is 6.74. The molecule has 0 aliphatic rings. The smallest absolute Gasteiger partial charge is 0.293 e. The Morgan fingerprint density at radius 2 is 1.92 bits per heavy atom. The van der Waals surface area contributed by atoms with Gasteiger partial charge >= 0.3 is 0 Å². The minimum absolute atomic E-state index is 0.0971. The summed E-state index contributed by atoms with van der Waals surface area (Å²) >= 11 is 0. The predicted molar refractivity (Wildman–Crippen MR) is 99.9 cm³/mol. The van der Waals surface area contributed by atoms with Gasteiger partial charge in [-0.25, -0.2) is 9.20 Å². The normalized spacial score (nSPS) is 11.2. The molecule has 1 aromatic carbocycles. The first kappa shape index (κ1) is 17.8. The summed E-state index contributed by atoms with van der Waals surface area (Å²) in [4.78, 5) is 24.8. The molecule has 0 aliphatic heterocycles. The number of benzene rings is 1. The second-order valence-electron chi connectivity index (χ2n) is 6.74. The maximum atomic E-state index is 12.7. The molecule has 26 heavy (non-hydrogen) atoms. The van der Waals surface area contributed by atoms with Gasteiger partial charge in [0.25, 0.3) is 5.56 Å². The molecular formula is C19H23N5O2. The molecule has 0 saturated heterocycles. The number of fused-ring (bicyclic) bond motifs is 1. The maximum absolute atomic E-state index is 12.7. The lowest BCUT2D eigenvalue weighted by Gasteiger charge is -2.09. The number of carbonyl (C=O) groups is 1. The molecule has 2 aromatic heterocycles. The molecule has 1 amide bonds. The Kier molecular flexibility index (Phi) is 5.16. The summed E-state index contributed by atoms with van der Waals surface area (Å²) in [6.07, 6.45) is 0.898. The number of carbonyl (C=O) groups excluding carboxylic acids is 1. The fourth-order valence-electron chi connectivity index (χ4n) is 2.72. The van der Waals surface area contributed by atoms with Crippen LogP contribution in [0.15, 0.2) is 41.2 Å². The number of rotatable bonds is 6. The fraction of sp³-hybridized carbons (Fsp3) is 0.368. The van der Waals surface area contributed by atoms with Crippen LogP contribution in [-0.2, 0) is 11.3 Å². The van der Waals surface area contributed by atoms with Crippen molar-refractivity contribution in [1.29, 1.82) is 0 Å². The zero-order chi connectivity index (χ0) is 18.7. The van der Waals surface area contributed by atoms with Crippen LogP contribution in [0.1, 0.15) is 26.1 Å². The summed E-state index contributed by atoms with van der Waals surface area (Å²) < 4.78 is 2.73. The highest BCUT2D eigenvalue weighted by Crippen LogP contribution is 2.18. The van der Waals surface area contributed by atoms with E-state index in [1.807, 2.05) is 30.3 Å². The number of aromatic nitrogens is 4. The van der Waals surface area contributed by atoms with Crippen LogP contribution in [0, 0.1) is 12.8 Å². The van der Waals surface area contributed by atoms with E-state index < -0.39 is 0 Å². The second kappa shape index (κ2) is 7.51. The predicted octanol–water partition coefficient (Wildman–Crippen LogP) is 2.03. The molecule has 136 valence electrons. The van der Waals surface area contributed by atoms with E-state index >= 15 is 0 Å². The summed E-state index contributed by atoms with van der Waals surface area (Å²) in [6, 6.07) is 11.4. The van der Waals surface area contributed by atoms with Crippen LogP contribution in [0.2, 0.25) is 0 Å². The summed E-state index contributed by atoms with van der Waals surface area (Å²) in [6.45, 7) is 6.46. The standard InChI is InChI=1S/C19H23N5O2/c1-13(2)9-10-20-18(25)12-23-19(26)17-11-16(15-7-5-4-6-8-15)22-24(17)14(3)21-23/h4-8,11,13H,9-10,12H2,1-3H3,(H,20,25). The molecule has 7 nitrogen and oxygen atoms in total. The van der Waals surface area contributed by atoms with Crippen LogP contribution >= 0.6 is 0 Å². The summed E-state index contributed by atoms with van der Waals surface area (Å²) in [5, 5.41) is 11.5. The summed E-state index contributed by atoms with van der Waals surface area (Å²) in [7, 11) is 0. The number of amides is 1. The Morgan fingerprint density at radius 3 is 2.62 bits per heavy atom. The van der Waals surface area contributed by atoms with E-state index in [-0.39, 0.29) is 18.0 Å². The highest BCUT2D eigenvalue weighted by molar-refractivity contribution is 5.75. The lowest BCUT2D eigenvalue weighted by Crippen LogP contribution is -2.35. The number of nitrogens with zero attached hydrogens (tertiary/aromatic N) is 4.